The second-order valence-corrected chi connectivity index (χ2v) is 9.41. The van der Waals surface area contributed by atoms with E-state index in [1.54, 1.807) is 0 Å². The van der Waals surface area contributed by atoms with Crippen LogP contribution >= 0.6 is 0 Å². The van der Waals surface area contributed by atoms with E-state index in [2.05, 4.69) is 5.32 Å². The number of halogens is 2. The fourth-order valence-corrected chi connectivity index (χ4v) is 4.85. The molecule has 1 fully saturated rings. The molecule has 1 heterocycles. The number of hydrogen-bond donors (Lipinski definition) is 2. The predicted octanol–water partition coefficient (Wildman–Crippen LogP) is 4.01. The van der Waals surface area contributed by atoms with E-state index in [9.17, 15) is 23.2 Å². The summed E-state index contributed by atoms with van der Waals surface area (Å²) in [5, 5.41) is 3.01. The van der Waals surface area contributed by atoms with E-state index in [-0.39, 0.29) is 23.9 Å². The van der Waals surface area contributed by atoms with E-state index in [0.29, 0.717) is 12.5 Å². The van der Waals surface area contributed by atoms with Crippen LogP contribution in [0, 0.1) is 11.6 Å². The van der Waals surface area contributed by atoms with Crippen LogP contribution in [0.1, 0.15) is 48.4 Å². The summed E-state index contributed by atoms with van der Waals surface area (Å²) in [6.45, 7) is 1.43. The number of nitrogens with zero attached hydrogens (tertiary/aromatic N) is 1. The maximum atomic E-state index is 13.8. The molecule has 3 amide bonds. The second-order valence-electron chi connectivity index (χ2n) is 9.41. The lowest BCUT2D eigenvalue weighted by Gasteiger charge is -2.31. The van der Waals surface area contributed by atoms with Crippen molar-refractivity contribution in [3.8, 4) is 0 Å². The highest BCUT2D eigenvalue weighted by Crippen LogP contribution is 2.36. The van der Waals surface area contributed by atoms with Crippen LogP contribution in [0.25, 0.3) is 0 Å². The molecule has 0 radical (unpaired) electrons. The van der Waals surface area contributed by atoms with Crippen LogP contribution in [0.15, 0.2) is 78.9 Å². The van der Waals surface area contributed by atoms with E-state index >= 15 is 0 Å². The topological polar surface area (TPSA) is 92.5 Å². The van der Waals surface area contributed by atoms with Gasteiger partial charge in [0.05, 0.1) is 18.5 Å². The summed E-state index contributed by atoms with van der Waals surface area (Å²) >= 11 is 0. The van der Waals surface area contributed by atoms with Gasteiger partial charge in [0.25, 0.3) is 0 Å². The van der Waals surface area contributed by atoms with E-state index in [4.69, 9.17) is 5.73 Å². The molecule has 4 atom stereocenters. The third-order valence-corrected chi connectivity index (χ3v) is 6.61. The predicted molar refractivity (Wildman–Crippen MR) is 135 cm³/mol. The van der Waals surface area contributed by atoms with Gasteiger partial charge < -0.3 is 11.1 Å². The highest BCUT2D eigenvalue weighted by Gasteiger charge is 2.41. The van der Waals surface area contributed by atoms with Gasteiger partial charge in [-0.2, -0.15) is 0 Å². The zero-order valence-electron chi connectivity index (χ0n) is 20.4. The molecule has 0 aromatic heterocycles. The van der Waals surface area contributed by atoms with Crippen LogP contribution in [-0.4, -0.2) is 34.7 Å². The molecule has 8 heteroatoms. The number of carbonyl (C=O) groups is 3. The van der Waals surface area contributed by atoms with Crippen LogP contribution < -0.4 is 11.1 Å². The van der Waals surface area contributed by atoms with Gasteiger partial charge in [-0.15, -0.1) is 0 Å². The third-order valence-electron chi connectivity index (χ3n) is 6.61. The SMILES string of the molecule is C[C@H](N)C(=O)N(C(=O)Cc1cc(F)cc(F)c1)[C@H]1C[C@@H](c2ccccc2)C[C@@H](c2ccccc2)NC1=O. The minimum absolute atomic E-state index is 0.0563. The zero-order valence-corrected chi connectivity index (χ0v) is 20.4. The molecule has 4 rings (SSSR count). The molecule has 3 aromatic carbocycles. The molecular weight excluding hydrogens is 476 g/mol. The van der Waals surface area contributed by atoms with Crippen LogP contribution in [-0.2, 0) is 20.8 Å². The van der Waals surface area contributed by atoms with Crippen molar-refractivity contribution < 1.29 is 23.2 Å². The van der Waals surface area contributed by atoms with Crippen molar-refractivity contribution in [1.82, 2.24) is 10.2 Å². The Balaban J connectivity index is 1.72. The molecule has 0 spiro atoms. The normalized spacial score (nSPS) is 20.4. The molecule has 3 aromatic rings. The second kappa shape index (κ2) is 11.4. The van der Waals surface area contributed by atoms with Gasteiger partial charge in [0.2, 0.25) is 17.7 Å². The number of nitrogens with two attached hydrogens (primary N) is 1. The number of benzene rings is 3. The van der Waals surface area contributed by atoms with E-state index in [1.807, 2.05) is 60.7 Å². The lowest BCUT2D eigenvalue weighted by molar-refractivity contribution is -0.152. The van der Waals surface area contributed by atoms with Gasteiger partial charge in [-0.05, 0) is 54.5 Å². The molecule has 1 aliphatic heterocycles. The number of hydrogen-bond acceptors (Lipinski definition) is 4. The number of imide groups is 1. The Morgan fingerprint density at radius 1 is 0.946 bits per heavy atom. The van der Waals surface area contributed by atoms with Crippen LogP contribution in [0.2, 0.25) is 0 Å². The quantitative estimate of drug-likeness (QED) is 0.530. The fraction of sp³-hybridized carbons (Fsp3) is 0.276. The largest absolute Gasteiger partial charge is 0.347 e. The van der Waals surface area contributed by atoms with Crippen molar-refractivity contribution in [2.45, 2.75) is 50.2 Å². The molecule has 0 unspecified atom stereocenters. The molecule has 0 bridgehead atoms. The average Bonchev–Trinajstić information content (AvgIpc) is 3.04. The molecule has 37 heavy (non-hydrogen) atoms. The van der Waals surface area contributed by atoms with Gasteiger partial charge in [0, 0.05) is 6.07 Å². The van der Waals surface area contributed by atoms with Crippen molar-refractivity contribution in [2.75, 3.05) is 0 Å². The maximum absolute atomic E-state index is 13.8. The van der Waals surface area contributed by atoms with Crippen molar-refractivity contribution >= 4 is 17.7 Å². The Hall–Kier alpha value is -3.91. The van der Waals surface area contributed by atoms with E-state index in [1.165, 1.54) is 6.92 Å². The number of carbonyl (C=O) groups excluding carboxylic acids is 3. The Bertz CT molecular complexity index is 1250. The van der Waals surface area contributed by atoms with E-state index in [0.717, 1.165) is 28.2 Å². The fourth-order valence-electron chi connectivity index (χ4n) is 4.85. The molecular formula is C29H29F2N3O3. The molecule has 0 saturated carbocycles. The van der Waals surface area contributed by atoms with Crippen LogP contribution in [0.3, 0.4) is 0 Å². The minimum atomic E-state index is -1.15. The Labute approximate surface area is 214 Å². The number of nitrogens with one attached hydrogen (secondary N) is 1. The minimum Gasteiger partial charge on any atom is -0.347 e. The summed E-state index contributed by atoms with van der Waals surface area (Å²) in [6.07, 6.45) is 0.274. The molecule has 0 aliphatic carbocycles. The van der Waals surface area contributed by atoms with Crippen molar-refractivity contribution in [3.63, 3.8) is 0 Å². The van der Waals surface area contributed by atoms with Gasteiger partial charge in [0.1, 0.15) is 17.7 Å². The molecule has 1 aliphatic rings. The summed E-state index contributed by atoms with van der Waals surface area (Å²) in [5.74, 6) is -3.81. The smallest absolute Gasteiger partial charge is 0.246 e. The third kappa shape index (κ3) is 6.27. The van der Waals surface area contributed by atoms with Gasteiger partial charge in [-0.1, -0.05) is 60.7 Å². The van der Waals surface area contributed by atoms with Crippen LogP contribution in [0.4, 0.5) is 8.78 Å². The Morgan fingerprint density at radius 2 is 1.51 bits per heavy atom. The van der Waals surface area contributed by atoms with Crippen molar-refractivity contribution in [3.05, 3.63) is 107 Å². The Morgan fingerprint density at radius 3 is 2.08 bits per heavy atom. The first kappa shape index (κ1) is 26.2. The molecule has 3 N–H and O–H groups in total. The lowest BCUT2D eigenvalue weighted by Crippen LogP contribution is -2.56. The molecule has 192 valence electrons. The standard InChI is InChI=1S/C29H29F2N3O3/c1-18(32)29(37)34(27(35)14-19-12-23(30)17-24(31)13-19)26-16-22(20-8-4-2-5-9-20)15-25(33-28(26)36)21-10-6-3-7-11-21/h2-13,17-18,22,25-26H,14-16,32H2,1H3,(H,33,36)/t18-,22-,25-,26-/m0/s1. The van der Waals surface area contributed by atoms with Crippen LogP contribution in [0.5, 0.6) is 0 Å². The molecule has 1 saturated heterocycles. The van der Waals surface area contributed by atoms with Gasteiger partial charge >= 0.3 is 0 Å². The summed E-state index contributed by atoms with van der Waals surface area (Å²) in [5.41, 5.74) is 7.81. The highest BCUT2D eigenvalue weighted by atomic mass is 19.1. The number of rotatable bonds is 6. The van der Waals surface area contributed by atoms with E-state index < -0.39 is 47.9 Å². The lowest BCUT2D eigenvalue weighted by atomic mass is 9.86. The maximum Gasteiger partial charge on any atom is 0.246 e. The van der Waals surface area contributed by atoms with Crippen molar-refractivity contribution in [1.29, 1.82) is 0 Å². The summed E-state index contributed by atoms with van der Waals surface area (Å²) in [4.78, 5) is 41.1. The number of amides is 3. The van der Waals surface area contributed by atoms with Crippen molar-refractivity contribution in [2.24, 2.45) is 5.73 Å². The summed E-state index contributed by atoms with van der Waals surface area (Å²) in [7, 11) is 0. The summed E-state index contributed by atoms with van der Waals surface area (Å²) in [6, 6.07) is 19.3. The molecule has 6 nitrogen and oxygen atoms in total. The highest BCUT2D eigenvalue weighted by molar-refractivity contribution is 6.03. The first-order chi connectivity index (χ1) is 17.7. The Kier molecular flexibility index (Phi) is 8.08. The van der Waals surface area contributed by atoms with Gasteiger partial charge in [-0.3, -0.25) is 19.3 Å². The summed E-state index contributed by atoms with van der Waals surface area (Å²) < 4.78 is 27.5. The first-order valence-electron chi connectivity index (χ1n) is 12.2. The van der Waals surface area contributed by atoms with Gasteiger partial charge in [-0.25, -0.2) is 8.78 Å². The van der Waals surface area contributed by atoms with Gasteiger partial charge in [0.15, 0.2) is 0 Å². The zero-order chi connectivity index (χ0) is 26.5. The average molecular weight is 506 g/mol. The monoisotopic (exact) mass is 505 g/mol. The first-order valence-corrected chi connectivity index (χ1v) is 12.2.